The Hall–Kier alpha value is -3.09. The Morgan fingerprint density at radius 2 is 1.50 bits per heavy atom. The first kappa shape index (κ1) is 27.5. The number of benzene rings is 2. The van der Waals surface area contributed by atoms with E-state index in [2.05, 4.69) is 5.32 Å². The number of carbonyl (C=O) groups is 3. The average molecular weight is 545 g/mol. The number of amides is 1. The number of carbonyl (C=O) groups excluding carboxylic acids is 3. The Bertz CT molecular complexity index is 1260. The smallest absolute Gasteiger partial charge is 0.302 e. The molecule has 1 fully saturated rings. The number of halogens is 3. The molecular formula is C23H23ClF2N2O7S. The van der Waals surface area contributed by atoms with Gasteiger partial charge in [-0.3, -0.25) is 14.4 Å². The molecule has 36 heavy (non-hydrogen) atoms. The predicted octanol–water partition coefficient (Wildman–Crippen LogP) is 3.52. The van der Waals surface area contributed by atoms with Crippen LogP contribution in [0.15, 0.2) is 41.3 Å². The van der Waals surface area contributed by atoms with Gasteiger partial charge in [0.15, 0.2) is 0 Å². The van der Waals surface area contributed by atoms with E-state index in [1.165, 1.54) is 19.9 Å². The van der Waals surface area contributed by atoms with Crippen molar-refractivity contribution >= 4 is 45.2 Å². The van der Waals surface area contributed by atoms with E-state index in [1.54, 1.807) is 0 Å². The molecule has 2 aromatic carbocycles. The Balaban J connectivity index is 1.92. The van der Waals surface area contributed by atoms with Crippen LogP contribution < -0.4 is 5.32 Å². The summed E-state index contributed by atoms with van der Waals surface area (Å²) in [5.74, 6) is -3.86. The summed E-state index contributed by atoms with van der Waals surface area (Å²) < 4.78 is 66.3. The number of hydrogen-bond acceptors (Lipinski definition) is 7. The number of ether oxygens (including phenoxy) is 2. The zero-order valence-electron chi connectivity index (χ0n) is 19.3. The zero-order valence-corrected chi connectivity index (χ0v) is 20.9. The van der Waals surface area contributed by atoms with E-state index < -0.39 is 56.6 Å². The number of anilines is 1. The number of sulfonamides is 1. The molecule has 0 aliphatic carbocycles. The Kier molecular flexibility index (Phi) is 8.64. The van der Waals surface area contributed by atoms with Crippen molar-refractivity contribution in [3.05, 3.63) is 58.6 Å². The van der Waals surface area contributed by atoms with Gasteiger partial charge in [0.25, 0.3) is 5.91 Å². The van der Waals surface area contributed by atoms with Gasteiger partial charge in [0.2, 0.25) is 10.0 Å². The third kappa shape index (κ3) is 6.77. The molecule has 2 atom stereocenters. The number of hydrogen-bond donors (Lipinski definition) is 1. The molecule has 1 aliphatic heterocycles. The standard InChI is InChI=1S/C23H23ClF2N2O7S/c1-13(29)34-17-5-6-18(35-14(2)30)12-28(11-17)36(32,33)22-9-15(3-7-21(22)26)23(31)27-16-4-8-20(25)19(24)10-16/h3-4,7-10,17-18H,5-6,11-12H2,1-2H3,(H,27,31)/t17-,18+. The summed E-state index contributed by atoms with van der Waals surface area (Å²) in [7, 11) is -4.57. The first-order valence-corrected chi connectivity index (χ1v) is 12.6. The lowest BCUT2D eigenvalue weighted by atomic mass is 10.1. The molecule has 1 heterocycles. The molecule has 3 rings (SSSR count). The molecule has 0 spiro atoms. The summed E-state index contributed by atoms with van der Waals surface area (Å²) in [6.07, 6.45) is -1.27. The maximum Gasteiger partial charge on any atom is 0.302 e. The molecule has 1 aliphatic rings. The summed E-state index contributed by atoms with van der Waals surface area (Å²) in [5, 5.41) is 2.20. The molecule has 9 nitrogen and oxygen atoms in total. The largest absolute Gasteiger partial charge is 0.461 e. The second-order valence-electron chi connectivity index (χ2n) is 8.09. The molecule has 0 unspecified atom stereocenters. The zero-order chi connectivity index (χ0) is 26.6. The van der Waals surface area contributed by atoms with E-state index in [0.29, 0.717) is 0 Å². The highest BCUT2D eigenvalue weighted by Gasteiger charge is 2.36. The highest BCUT2D eigenvalue weighted by atomic mass is 35.5. The molecule has 1 N–H and O–H groups in total. The maximum atomic E-state index is 14.8. The first-order chi connectivity index (χ1) is 16.9. The van der Waals surface area contributed by atoms with Gasteiger partial charge in [0.1, 0.15) is 28.7 Å². The topological polar surface area (TPSA) is 119 Å². The first-order valence-electron chi connectivity index (χ1n) is 10.8. The average Bonchev–Trinajstić information content (AvgIpc) is 2.98. The lowest BCUT2D eigenvalue weighted by Gasteiger charge is -2.25. The van der Waals surface area contributed by atoms with Crippen molar-refractivity contribution in [1.82, 2.24) is 4.31 Å². The number of nitrogens with one attached hydrogen (secondary N) is 1. The molecular weight excluding hydrogens is 522 g/mol. The SMILES string of the molecule is CC(=O)O[C@@H]1CC[C@H](OC(C)=O)CN(S(=O)(=O)c2cc(C(=O)Nc3ccc(F)c(Cl)c3)ccc2F)C1. The Morgan fingerprint density at radius 3 is 2.03 bits per heavy atom. The summed E-state index contributed by atoms with van der Waals surface area (Å²) in [5.41, 5.74) is -0.0561. The Morgan fingerprint density at radius 1 is 0.944 bits per heavy atom. The van der Waals surface area contributed by atoms with Gasteiger partial charge in [-0.05, 0) is 49.2 Å². The molecule has 0 bridgehead atoms. The van der Waals surface area contributed by atoms with Crippen LogP contribution in [-0.2, 0) is 29.1 Å². The minimum Gasteiger partial charge on any atom is -0.461 e. The fourth-order valence-corrected chi connectivity index (χ4v) is 5.47. The van der Waals surface area contributed by atoms with Crippen LogP contribution in [0, 0.1) is 11.6 Å². The van der Waals surface area contributed by atoms with Gasteiger partial charge >= 0.3 is 11.9 Å². The fraction of sp³-hybridized carbons (Fsp3) is 0.348. The lowest BCUT2D eigenvalue weighted by Crippen LogP contribution is -2.41. The van der Waals surface area contributed by atoms with Crippen LogP contribution in [0.3, 0.4) is 0 Å². The van der Waals surface area contributed by atoms with Crippen molar-refractivity contribution in [3.8, 4) is 0 Å². The molecule has 2 aromatic rings. The van der Waals surface area contributed by atoms with Gasteiger partial charge in [0.05, 0.1) is 18.1 Å². The van der Waals surface area contributed by atoms with Crippen LogP contribution in [0.5, 0.6) is 0 Å². The van der Waals surface area contributed by atoms with E-state index in [0.717, 1.165) is 34.6 Å². The van der Waals surface area contributed by atoms with Gasteiger partial charge in [-0.1, -0.05) is 11.6 Å². The second-order valence-corrected chi connectivity index (χ2v) is 10.4. The third-order valence-electron chi connectivity index (χ3n) is 5.28. The van der Waals surface area contributed by atoms with Crippen molar-refractivity contribution in [1.29, 1.82) is 0 Å². The molecule has 0 saturated carbocycles. The number of rotatable bonds is 6. The van der Waals surface area contributed by atoms with Gasteiger partial charge < -0.3 is 14.8 Å². The monoisotopic (exact) mass is 544 g/mol. The van der Waals surface area contributed by atoms with Gasteiger partial charge in [-0.25, -0.2) is 17.2 Å². The molecule has 13 heteroatoms. The molecule has 1 saturated heterocycles. The van der Waals surface area contributed by atoms with E-state index in [4.69, 9.17) is 21.1 Å². The second kappa shape index (κ2) is 11.3. The fourth-order valence-electron chi connectivity index (χ4n) is 3.70. The van der Waals surface area contributed by atoms with Crippen LogP contribution in [-0.4, -0.2) is 55.9 Å². The van der Waals surface area contributed by atoms with Gasteiger partial charge in [-0.2, -0.15) is 4.31 Å². The van der Waals surface area contributed by atoms with E-state index in [-0.39, 0.29) is 42.2 Å². The predicted molar refractivity (Wildman–Crippen MR) is 125 cm³/mol. The van der Waals surface area contributed by atoms with Crippen LogP contribution >= 0.6 is 11.6 Å². The highest BCUT2D eigenvalue weighted by Crippen LogP contribution is 2.27. The van der Waals surface area contributed by atoms with E-state index in [1.807, 2.05) is 0 Å². The third-order valence-corrected chi connectivity index (χ3v) is 7.42. The summed E-state index contributed by atoms with van der Waals surface area (Å²) in [4.78, 5) is 34.8. The summed E-state index contributed by atoms with van der Waals surface area (Å²) >= 11 is 5.71. The van der Waals surface area contributed by atoms with Crippen molar-refractivity contribution in [2.45, 2.75) is 43.8 Å². The maximum absolute atomic E-state index is 14.8. The van der Waals surface area contributed by atoms with Gasteiger partial charge in [-0.15, -0.1) is 0 Å². The minimum atomic E-state index is -4.57. The van der Waals surface area contributed by atoms with E-state index in [9.17, 15) is 31.6 Å². The summed E-state index contributed by atoms with van der Waals surface area (Å²) in [6, 6.07) is 6.22. The van der Waals surface area contributed by atoms with Crippen molar-refractivity contribution in [2.24, 2.45) is 0 Å². The number of esters is 2. The van der Waals surface area contributed by atoms with Crippen LogP contribution in [0.4, 0.5) is 14.5 Å². The van der Waals surface area contributed by atoms with Crippen molar-refractivity contribution in [2.75, 3.05) is 18.4 Å². The molecule has 1 amide bonds. The summed E-state index contributed by atoms with van der Waals surface area (Å²) in [6.45, 7) is 1.74. The van der Waals surface area contributed by atoms with Gasteiger partial charge in [0, 0.05) is 25.1 Å². The molecule has 0 radical (unpaired) electrons. The van der Waals surface area contributed by atoms with Crippen LogP contribution in [0.25, 0.3) is 0 Å². The highest BCUT2D eigenvalue weighted by molar-refractivity contribution is 7.89. The van der Waals surface area contributed by atoms with Crippen molar-refractivity contribution in [3.63, 3.8) is 0 Å². The molecule has 0 aromatic heterocycles. The van der Waals surface area contributed by atoms with Crippen LogP contribution in [0.2, 0.25) is 5.02 Å². The normalized spacial score (nSPS) is 18.7. The lowest BCUT2D eigenvalue weighted by molar-refractivity contribution is -0.148. The minimum absolute atomic E-state index is 0.140. The quantitative estimate of drug-likeness (QED) is 0.553. The molecule has 194 valence electrons. The number of nitrogens with zero attached hydrogens (tertiary/aromatic N) is 1. The van der Waals surface area contributed by atoms with E-state index >= 15 is 0 Å². The van der Waals surface area contributed by atoms with Crippen molar-refractivity contribution < 1.29 is 41.1 Å². The Labute approximate surface area is 211 Å². The van der Waals surface area contributed by atoms with Crippen LogP contribution in [0.1, 0.15) is 37.0 Å².